The van der Waals surface area contributed by atoms with Crippen LogP contribution in [0.3, 0.4) is 0 Å². The second-order valence-corrected chi connectivity index (χ2v) is 4.52. The third-order valence-electron chi connectivity index (χ3n) is 2.39. The van der Waals surface area contributed by atoms with Crippen LogP contribution in [0.1, 0.15) is 39.2 Å². The Kier molecular flexibility index (Phi) is 5.08. The van der Waals surface area contributed by atoms with Crippen molar-refractivity contribution in [2.24, 2.45) is 0 Å². The summed E-state index contributed by atoms with van der Waals surface area (Å²) in [7, 11) is 0. The lowest BCUT2D eigenvalue weighted by Gasteiger charge is -2.19. The topological polar surface area (TPSA) is 12.0 Å². The van der Waals surface area contributed by atoms with Crippen molar-refractivity contribution in [3.05, 3.63) is 35.9 Å². The van der Waals surface area contributed by atoms with Crippen molar-refractivity contribution in [1.29, 1.82) is 0 Å². The molecule has 0 aromatic heterocycles. The molecule has 1 aromatic carbocycles. The first-order valence-electron chi connectivity index (χ1n) is 5.97. The van der Waals surface area contributed by atoms with Gasteiger partial charge in [0.05, 0.1) is 5.54 Å². The Balaban J connectivity index is 2.55. The Hall–Kier alpha value is -1.26. The van der Waals surface area contributed by atoms with Gasteiger partial charge in [0.1, 0.15) is 0 Å². The molecule has 1 rings (SSSR count). The molecule has 0 radical (unpaired) electrons. The highest BCUT2D eigenvalue weighted by atomic mass is 14.9. The summed E-state index contributed by atoms with van der Waals surface area (Å²) in [5.74, 6) is 6.47. The molecule has 0 saturated carbocycles. The molecule has 0 bridgehead atoms. The van der Waals surface area contributed by atoms with Crippen LogP contribution in [0.2, 0.25) is 0 Å². The van der Waals surface area contributed by atoms with E-state index >= 15 is 0 Å². The van der Waals surface area contributed by atoms with Gasteiger partial charge in [-0.05, 0) is 38.9 Å². The number of hydrogen-bond acceptors (Lipinski definition) is 1. The number of nitrogens with one attached hydrogen (secondary N) is 1. The monoisotopic (exact) mass is 215 g/mol. The summed E-state index contributed by atoms with van der Waals surface area (Å²) in [5.41, 5.74) is 0.971. The molecule has 0 aliphatic carbocycles. The van der Waals surface area contributed by atoms with Crippen LogP contribution >= 0.6 is 0 Å². The smallest absolute Gasteiger partial charge is 0.0747 e. The zero-order valence-corrected chi connectivity index (χ0v) is 10.5. The van der Waals surface area contributed by atoms with Crippen LogP contribution in [-0.2, 0) is 0 Å². The molecular formula is C15H21N. The van der Waals surface area contributed by atoms with Crippen molar-refractivity contribution < 1.29 is 0 Å². The van der Waals surface area contributed by atoms with E-state index in [1.54, 1.807) is 0 Å². The average Bonchev–Trinajstić information content (AvgIpc) is 2.28. The lowest BCUT2D eigenvalue weighted by molar-refractivity contribution is 0.482. The van der Waals surface area contributed by atoms with Crippen LogP contribution in [0.4, 0.5) is 0 Å². The predicted octanol–water partition coefficient (Wildman–Crippen LogP) is 3.21. The molecule has 1 N–H and O–H groups in total. The predicted molar refractivity (Wildman–Crippen MR) is 70.3 cm³/mol. The third-order valence-corrected chi connectivity index (χ3v) is 2.39. The fourth-order valence-corrected chi connectivity index (χ4v) is 1.37. The summed E-state index contributed by atoms with van der Waals surface area (Å²) in [4.78, 5) is 0. The molecule has 1 aromatic rings. The van der Waals surface area contributed by atoms with Gasteiger partial charge in [0.2, 0.25) is 0 Å². The van der Waals surface area contributed by atoms with Crippen LogP contribution in [0.15, 0.2) is 30.3 Å². The van der Waals surface area contributed by atoms with E-state index in [0.717, 1.165) is 12.1 Å². The summed E-state index contributed by atoms with van der Waals surface area (Å²) >= 11 is 0. The van der Waals surface area contributed by atoms with Crippen LogP contribution in [-0.4, -0.2) is 12.1 Å². The van der Waals surface area contributed by atoms with Gasteiger partial charge in [-0.1, -0.05) is 43.4 Å². The normalized spacial score (nSPS) is 10.7. The average molecular weight is 215 g/mol. The molecule has 16 heavy (non-hydrogen) atoms. The Morgan fingerprint density at radius 3 is 2.50 bits per heavy atom. The maximum atomic E-state index is 3.46. The fourth-order valence-electron chi connectivity index (χ4n) is 1.37. The SMILES string of the molecule is CCCCNC(C)(C)C#Cc1ccccc1. The van der Waals surface area contributed by atoms with E-state index in [9.17, 15) is 0 Å². The van der Waals surface area contributed by atoms with E-state index in [-0.39, 0.29) is 5.54 Å². The van der Waals surface area contributed by atoms with Gasteiger partial charge in [-0.2, -0.15) is 0 Å². The minimum atomic E-state index is -0.106. The van der Waals surface area contributed by atoms with Gasteiger partial charge in [0.25, 0.3) is 0 Å². The Morgan fingerprint density at radius 2 is 1.88 bits per heavy atom. The van der Waals surface area contributed by atoms with Crippen molar-refractivity contribution in [1.82, 2.24) is 5.32 Å². The molecule has 0 aliphatic heterocycles. The van der Waals surface area contributed by atoms with Gasteiger partial charge in [0, 0.05) is 5.56 Å². The molecule has 86 valence electrons. The van der Waals surface area contributed by atoms with Crippen molar-refractivity contribution in [3.63, 3.8) is 0 Å². The van der Waals surface area contributed by atoms with E-state index in [1.807, 2.05) is 30.3 Å². The summed E-state index contributed by atoms with van der Waals surface area (Å²) in [5, 5.41) is 3.46. The number of unbranched alkanes of at least 4 members (excludes halogenated alkanes) is 1. The van der Waals surface area contributed by atoms with Crippen molar-refractivity contribution >= 4 is 0 Å². The fraction of sp³-hybridized carbons (Fsp3) is 0.467. The Labute approximate surface area is 99.3 Å². The van der Waals surface area contributed by atoms with Gasteiger partial charge < -0.3 is 5.32 Å². The van der Waals surface area contributed by atoms with Crippen LogP contribution < -0.4 is 5.32 Å². The Bertz CT molecular complexity index is 354. The third kappa shape index (κ3) is 5.00. The first kappa shape index (κ1) is 12.8. The van der Waals surface area contributed by atoms with Crippen molar-refractivity contribution in [3.8, 4) is 11.8 Å². The van der Waals surface area contributed by atoms with Gasteiger partial charge >= 0.3 is 0 Å². The molecule has 0 fully saturated rings. The zero-order valence-electron chi connectivity index (χ0n) is 10.5. The zero-order chi connectivity index (χ0) is 11.9. The molecule has 0 amide bonds. The van der Waals surface area contributed by atoms with E-state index in [2.05, 4.69) is 37.9 Å². The Morgan fingerprint density at radius 1 is 1.19 bits per heavy atom. The molecule has 0 spiro atoms. The van der Waals surface area contributed by atoms with E-state index < -0.39 is 0 Å². The maximum absolute atomic E-state index is 3.46. The van der Waals surface area contributed by atoms with E-state index in [1.165, 1.54) is 12.8 Å². The minimum absolute atomic E-state index is 0.106. The molecule has 0 saturated heterocycles. The lowest BCUT2D eigenvalue weighted by Crippen LogP contribution is -2.38. The van der Waals surface area contributed by atoms with Gasteiger partial charge in [-0.3, -0.25) is 0 Å². The van der Waals surface area contributed by atoms with Crippen molar-refractivity contribution in [2.45, 2.75) is 39.2 Å². The van der Waals surface area contributed by atoms with Crippen LogP contribution in [0.25, 0.3) is 0 Å². The summed E-state index contributed by atoms with van der Waals surface area (Å²) in [6.45, 7) is 7.48. The highest BCUT2D eigenvalue weighted by Gasteiger charge is 2.11. The second kappa shape index (κ2) is 6.35. The molecule has 1 heteroatoms. The highest BCUT2D eigenvalue weighted by Crippen LogP contribution is 2.02. The molecule has 1 nitrogen and oxygen atoms in total. The quantitative estimate of drug-likeness (QED) is 0.601. The molecular weight excluding hydrogens is 194 g/mol. The van der Waals surface area contributed by atoms with Gasteiger partial charge in [0.15, 0.2) is 0 Å². The van der Waals surface area contributed by atoms with Gasteiger partial charge in [-0.25, -0.2) is 0 Å². The van der Waals surface area contributed by atoms with E-state index in [4.69, 9.17) is 0 Å². The van der Waals surface area contributed by atoms with Crippen LogP contribution in [0.5, 0.6) is 0 Å². The van der Waals surface area contributed by atoms with Crippen molar-refractivity contribution in [2.75, 3.05) is 6.54 Å². The number of hydrogen-bond donors (Lipinski definition) is 1. The number of benzene rings is 1. The van der Waals surface area contributed by atoms with Gasteiger partial charge in [-0.15, -0.1) is 0 Å². The van der Waals surface area contributed by atoms with E-state index in [0.29, 0.717) is 0 Å². The molecule has 0 aliphatic rings. The number of rotatable bonds is 4. The highest BCUT2D eigenvalue weighted by molar-refractivity contribution is 5.36. The summed E-state index contributed by atoms with van der Waals surface area (Å²) in [6, 6.07) is 10.1. The first-order valence-corrected chi connectivity index (χ1v) is 5.97. The first-order chi connectivity index (χ1) is 7.64. The van der Waals surface area contributed by atoms with Crippen LogP contribution in [0, 0.1) is 11.8 Å². The largest absolute Gasteiger partial charge is 0.302 e. The minimum Gasteiger partial charge on any atom is -0.302 e. The summed E-state index contributed by atoms with van der Waals surface area (Å²) in [6.07, 6.45) is 2.42. The maximum Gasteiger partial charge on any atom is 0.0747 e. The molecule has 0 unspecified atom stereocenters. The second-order valence-electron chi connectivity index (χ2n) is 4.52. The summed E-state index contributed by atoms with van der Waals surface area (Å²) < 4.78 is 0. The molecule has 0 heterocycles. The lowest BCUT2D eigenvalue weighted by atomic mass is 10.1. The standard InChI is InChI=1S/C15H21N/c1-4-5-13-16-15(2,3)12-11-14-9-7-6-8-10-14/h6-10,16H,4-5,13H2,1-3H3. The molecule has 0 atom stereocenters.